The highest BCUT2D eigenvalue weighted by Gasteiger charge is 2.43. The molecule has 2 amide bonds. The molecule has 2 aromatic rings. The molecular weight excluding hydrogens is 409 g/mol. The number of nitrogens with zero attached hydrogens (tertiary/aromatic N) is 1. The van der Waals surface area contributed by atoms with Crippen LogP contribution >= 0.6 is 11.6 Å². The van der Waals surface area contributed by atoms with E-state index in [-0.39, 0.29) is 23.8 Å². The van der Waals surface area contributed by atoms with Gasteiger partial charge in [-0.3, -0.25) is 9.59 Å². The fourth-order valence-electron chi connectivity index (χ4n) is 3.47. The average Bonchev–Trinajstić information content (AvgIpc) is 3.01. The van der Waals surface area contributed by atoms with Gasteiger partial charge in [0.2, 0.25) is 15.9 Å². The first-order valence-electron chi connectivity index (χ1n) is 8.44. The molecule has 2 aliphatic rings. The van der Waals surface area contributed by atoms with Crippen molar-refractivity contribution >= 4 is 39.1 Å². The lowest BCUT2D eigenvalue weighted by molar-refractivity contribution is -0.119. The van der Waals surface area contributed by atoms with Crippen molar-refractivity contribution in [2.45, 2.75) is 23.4 Å². The fraction of sp³-hybridized carbons (Fsp3) is 0.222. The van der Waals surface area contributed by atoms with Gasteiger partial charge in [0.05, 0.1) is 16.1 Å². The molecule has 4 rings (SSSR count). The maximum Gasteiger partial charge on any atom is 0.256 e. The first-order valence-corrected chi connectivity index (χ1v) is 10.3. The average molecular weight is 424 g/mol. The van der Waals surface area contributed by atoms with E-state index in [1.54, 1.807) is 6.07 Å². The summed E-state index contributed by atoms with van der Waals surface area (Å²) in [5.41, 5.74) is 0.627. The minimum atomic E-state index is -3.92. The van der Waals surface area contributed by atoms with E-state index in [1.165, 1.54) is 17.0 Å². The number of nitrogens with one attached hydrogen (secondary N) is 2. The first kappa shape index (κ1) is 18.9. The minimum Gasteiger partial charge on any atom is -0.325 e. The Morgan fingerprint density at radius 1 is 1.14 bits per heavy atom. The summed E-state index contributed by atoms with van der Waals surface area (Å²) < 4.78 is 40.6. The van der Waals surface area contributed by atoms with Gasteiger partial charge in [0.15, 0.2) is 0 Å². The number of benzene rings is 2. The van der Waals surface area contributed by atoms with Gasteiger partial charge >= 0.3 is 0 Å². The van der Waals surface area contributed by atoms with Crippen molar-refractivity contribution in [3.63, 3.8) is 0 Å². The molecule has 146 valence electrons. The molecule has 0 saturated carbocycles. The lowest BCUT2D eigenvalue weighted by Gasteiger charge is -2.20. The SMILES string of the molecule is O=C1Nc2cc(Cl)ccc2C(=O)N2C[C@H](NS(=O)(=O)c3ccc(F)cc3)C[C@H]12. The summed E-state index contributed by atoms with van der Waals surface area (Å²) in [6.45, 7) is 0.0411. The van der Waals surface area contributed by atoms with E-state index in [4.69, 9.17) is 11.6 Å². The van der Waals surface area contributed by atoms with E-state index in [0.717, 1.165) is 24.3 Å². The molecule has 0 aromatic heterocycles. The van der Waals surface area contributed by atoms with E-state index in [2.05, 4.69) is 10.0 Å². The van der Waals surface area contributed by atoms with Gasteiger partial charge in [-0.05, 0) is 48.9 Å². The van der Waals surface area contributed by atoms with Crippen LogP contribution in [0.2, 0.25) is 5.02 Å². The molecule has 2 atom stereocenters. The number of halogens is 2. The van der Waals surface area contributed by atoms with Crippen LogP contribution in [0.15, 0.2) is 47.4 Å². The number of hydrogen-bond donors (Lipinski definition) is 2. The van der Waals surface area contributed by atoms with Gasteiger partial charge in [0.25, 0.3) is 5.91 Å². The second-order valence-corrected chi connectivity index (χ2v) is 8.81. The Labute approximate surface area is 165 Å². The summed E-state index contributed by atoms with van der Waals surface area (Å²) in [5.74, 6) is -1.33. The smallest absolute Gasteiger partial charge is 0.256 e. The van der Waals surface area contributed by atoms with Crippen molar-refractivity contribution < 1.29 is 22.4 Å². The van der Waals surface area contributed by atoms with E-state index < -0.39 is 33.8 Å². The number of anilines is 1. The third-order valence-electron chi connectivity index (χ3n) is 4.78. The van der Waals surface area contributed by atoms with Gasteiger partial charge in [-0.25, -0.2) is 17.5 Å². The number of carbonyl (C=O) groups excluding carboxylic acids is 2. The van der Waals surface area contributed by atoms with E-state index in [9.17, 15) is 22.4 Å². The van der Waals surface area contributed by atoms with E-state index >= 15 is 0 Å². The maximum atomic E-state index is 13.0. The van der Waals surface area contributed by atoms with Gasteiger partial charge < -0.3 is 10.2 Å². The Kier molecular flexibility index (Phi) is 4.60. The molecule has 28 heavy (non-hydrogen) atoms. The van der Waals surface area contributed by atoms with Crippen LogP contribution in [0.5, 0.6) is 0 Å². The summed E-state index contributed by atoms with van der Waals surface area (Å²) >= 11 is 5.93. The molecule has 2 aliphatic heterocycles. The number of fused-ring (bicyclic) bond motifs is 2. The molecule has 0 bridgehead atoms. The minimum absolute atomic E-state index is 0.0411. The lowest BCUT2D eigenvalue weighted by atomic mass is 10.1. The molecule has 0 aliphatic carbocycles. The summed E-state index contributed by atoms with van der Waals surface area (Å²) in [7, 11) is -3.92. The van der Waals surface area contributed by atoms with Crippen LogP contribution in [0, 0.1) is 5.82 Å². The fourth-order valence-corrected chi connectivity index (χ4v) is 4.88. The summed E-state index contributed by atoms with van der Waals surface area (Å²) in [6, 6.07) is 7.54. The zero-order valence-electron chi connectivity index (χ0n) is 14.4. The first-order chi connectivity index (χ1) is 13.2. The normalized spacial score (nSPS) is 21.7. The second kappa shape index (κ2) is 6.84. The summed E-state index contributed by atoms with van der Waals surface area (Å²) in [5, 5.41) is 3.07. The summed E-state index contributed by atoms with van der Waals surface area (Å²) in [4.78, 5) is 26.7. The topological polar surface area (TPSA) is 95.6 Å². The Morgan fingerprint density at radius 3 is 2.57 bits per heavy atom. The second-order valence-electron chi connectivity index (χ2n) is 6.66. The van der Waals surface area contributed by atoms with Crippen molar-refractivity contribution in [1.29, 1.82) is 0 Å². The zero-order valence-corrected chi connectivity index (χ0v) is 15.9. The van der Waals surface area contributed by atoms with Crippen molar-refractivity contribution in [3.05, 3.63) is 58.9 Å². The molecule has 0 spiro atoms. The third-order valence-corrected chi connectivity index (χ3v) is 6.55. The molecule has 7 nitrogen and oxygen atoms in total. The van der Waals surface area contributed by atoms with Crippen molar-refractivity contribution in [3.8, 4) is 0 Å². The molecule has 1 saturated heterocycles. The number of sulfonamides is 1. The van der Waals surface area contributed by atoms with Gasteiger partial charge in [-0.2, -0.15) is 0 Å². The Morgan fingerprint density at radius 2 is 1.86 bits per heavy atom. The highest BCUT2D eigenvalue weighted by atomic mass is 35.5. The number of hydrogen-bond acceptors (Lipinski definition) is 4. The monoisotopic (exact) mass is 423 g/mol. The maximum absolute atomic E-state index is 13.0. The number of carbonyl (C=O) groups is 2. The Bertz CT molecular complexity index is 1070. The molecule has 2 aromatic carbocycles. The zero-order chi connectivity index (χ0) is 20.1. The van der Waals surface area contributed by atoms with Crippen LogP contribution in [0.25, 0.3) is 0 Å². The molecule has 10 heteroatoms. The third kappa shape index (κ3) is 3.36. The van der Waals surface area contributed by atoms with Crippen LogP contribution in [-0.2, 0) is 14.8 Å². The van der Waals surface area contributed by atoms with Crippen LogP contribution < -0.4 is 10.0 Å². The van der Waals surface area contributed by atoms with E-state index in [1.807, 2.05) is 0 Å². The van der Waals surface area contributed by atoms with Crippen molar-refractivity contribution in [2.75, 3.05) is 11.9 Å². The van der Waals surface area contributed by atoms with Crippen LogP contribution in [0.4, 0.5) is 10.1 Å². The highest BCUT2D eigenvalue weighted by molar-refractivity contribution is 7.89. The molecular formula is C18H15ClFN3O4S. The Balaban J connectivity index is 1.58. The van der Waals surface area contributed by atoms with Gasteiger partial charge in [0.1, 0.15) is 11.9 Å². The van der Waals surface area contributed by atoms with Crippen molar-refractivity contribution in [2.24, 2.45) is 0 Å². The van der Waals surface area contributed by atoms with Crippen LogP contribution in [-0.4, -0.2) is 43.8 Å². The Hall–Kier alpha value is -2.49. The highest BCUT2D eigenvalue weighted by Crippen LogP contribution is 2.31. The van der Waals surface area contributed by atoms with Gasteiger partial charge in [-0.1, -0.05) is 11.6 Å². The largest absolute Gasteiger partial charge is 0.325 e. The number of rotatable bonds is 3. The van der Waals surface area contributed by atoms with Crippen LogP contribution in [0.1, 0.15) is 16.8 Å². The standard InChI is InChI=1S/C18H15ClFN3O4S/c19-10-1-6-14-15(7-10)21-17(24)16-8-12(9-23(16)18(14)25)22-28(26,27)13-4-2-11(20)3-5-13/h1-7,12,16,22H,8-9H2,(H,21,24)/t12-,16-/m1/s1. The molecule has 1 fully saturated rings. The number of amides is 2. The van der Waals surface area contributed by atoms with E-state index in [0.29, 0.717) is 16.3 Å². The molecule has 2 N–H and O–H groups in total. The van der Waals surface area contributed by atoms with Crippen LogP contribution in [0.3, 0.4) is 0 Å². The lowest BCUT2D eigenvalue weighted by Crippen LogP contribution is -2.41. The predicted molar refractivity (Wildman–Crippen MR) is 100 cm³/mol. The van der Waals surface area contributed by atoms with Gasteiger partial charge in [-0.15, -0.1) is 0 Å². The molecule has 0 radical (unpaired) electrons. The molecule has 2 heterocycles. The predicted octanol–water partition coefficient (Wildman–Crippen LogP) is 1.99. The quantitative estimate of drug-likeness (QED) is 0.789. The summed E-state index contributed by atoms with van der Waals surface area (Å²) in [6.07, 6.45) is 0.125. The van der Waals surface area contributed by atoms with Crippen molar-refractivity contribution in [1.82, 2.24) is 9.62 Å². The molecule has 0 unspecified atom stereocenters. The van der Waals surface area contributed by atoms with Gasteiger partial charge in [0, 0.05) is 17.6 Å².